The minimum absolute atomic E-state index is 0.337. The molecule has 0 saturated carbocycles. The van der Waals surface area contributed by atoms with Gasteiger partial charge in [-0.3, -0.25) is 0 Å². The van der Waals surface area contributed by atoms with Crippen LogP contribution in [0.15, 0.2) is 39.5 Å². The molecule has 0 fully saturated rings. The Morgan fingerprint density at radius 2 is 1.95 bits per heavy atom. The molecule has 0 unspecified atom stereocenters. The Morgan fingerprint density at radius 3 is 2.68 bits per heavy atom. The molecule has 2 N–H and O–H groups in total. The van der Waals surface area contributed by atoms with E-state index in [2.05, 4.69) is 46.9 Å². The van der Waals surface area contributed by atoms with Crippen LogP contribution in [0.5, 0.6) is 0 Å². The van der Waals surface area contributed by atoms with Crippen molar-refractivity contribution in [3.63, 3.8) is 0 Å². The molecular weight excluding hydrogens is 348 g/mol. The Morgan fingerprint density at radius 1 is 1.09 bits per heavy atom. The summed E-state index contributed by atoms with van der Waals surface area (Å²) in [7, 11) is 0. The van der Waals surface area contributed by atoms with E-state index in [0.717, 1.165) is 15.7 Å². The first kappa shape index (κ1) is 14.5. The van der Waals surface area contributed by atoms with Crippen LogP contribution in [0.3, 0.4) is 0 Å². The highest BCUT2D eigenvalue weighted by Gasteiger charge is 2.05. The van der Waals surface area contributed by atoms with Crippen LogP contribution in [0, 0.1) is 13.8 Å². The van der Waals surface area contributed by atoms with Crippen LogP contribution in [0.4, 0.5) is 23.3 Å². The molecule has 0 aliphatic carbocycles. The van der Waals surface area contributed by atoms with Crippen molar-refractivity contribution in [3.05, 3.63) is 46.3 Å². The van der Waals surface area contributed by atoms with Gasteiger partial charge < -0.3 is 15.2 Å². The Balaban J connectivity index is 1.77. The van der Waals surface area contributed by atoms with Crippen molar-refractivity contribution in [1.29, 1.82) is 0 Å². The number of nitrogens with one attached hydrogen (secondary N) is 2. The summed E-state index contributed by atoms with van der Waals surface area (Å²) in [6, 6.07) is 7.71. The highest BCUT2D eigenvalue weighted by molar-refractivity contribution is 9.10. The maximum absolute atomic E-state index is 4.98. The fraction of sp³-hybridized carbons (Fsp3) is 0.143. The minimum Gasteiger partial charge on any atom is -0.360 e. The van der Waals surface area contributed by atoms with E-state index in [1.54, 1.807) is 12.3 Å². The number of rotatable bonds is 4. The Kier molecular flexibility index (Phi) is 4.01. The van der Waals surface area contributed by atoms with Gasteiger partial charge >= 0.3 is 0 Å². The molecule has 7 nitrogen and oxygen atoms in total. The van der Waals surface area contributed by atoms with Crippen molar-refractivity contribution in [2.45, 2.75) is 13.8 Å². The number of aromatic nitrogens is 4. The molecule has 0 bridgehead atoms. The van der Waals surface area contributed by atoms with E-state index in [1.165, 1.54) is 0 Å². The molecule has 0 amide bonds. The molecule has 1 aromatic carbocycles. The summed E-state index contributed by atoms with van der Waals surface area (Å²) < 4.78 is 6.00. The zero-order chi connectivity index (χ0) is 15.5. The predicted molar refractivity (Wildman–Crippen MR) is 86.5 cm³/mol. The third kappa shape index (κ3) is 3.40. The first-order chi connectivity index (χ1) is 10.6. The van der Waals surface area contributed by atoms with Gasteiger partial charge in [0.2, 0.25) is 5.95 Å². The first-order valence-corrected chi connectivity index (χ1v) is 7.33. The van der Waals surface area contributed by atoms with E-state index < -0.39 is 0 Å². The average molecular weight is 361 g/mol. The van der Waals surface area contributed by atoms with Crippen molar-refractivity contribution < 1.29 is 4.52 Å². The summed E-state index contributed by atoms with van der Waals surface area (Å²) in [4.78, 5) is 4.33. The van der Waals surface area contributed by atoms with Crippen molar-refractivity contribution in [3.8, 4) is 0 Å². The van der Waals surface area contributed by atoms with Crippen LogP contribution in [-0.2, 0) is 0 Å². The first-order valence-electron chi connectivity index (χ1n) is 6.53. The summed E-state index contributed by atoms with van der Waals surface area (Å²) in [5.41, 5.74) is 2.07. The molecule has 3 aromatic rings. The maximum atomic E-state index is 4.98. The second kappa shape index (κ2) is 6.10. The van der Waals surface area contributed by atoms with Crippen LogP contribution in [0.25, 0.3) is 0 Å². The number of hydrogen-bond acceptors (Lipinski definition) is 7. The fourth-order valence-corrected chi connectivity index (χ4v) is 2.15. The molecule has 22 heavy (non-hydrogen) atoms. The lowest BCUT2D eigenvalue weighted by Gasteiger charge is -2.07. The summed E-state index contributed by atoms with van der Waals surface area (Å²) in [5.74, 6) is 2.15. The second-order valence-electron chi connectivity index (χ2n) is 4.70. The molecule has 8 heteroatoms. The largest absolute Gasteiger partial charge is 0.360 e. The molecule has 112 valence electrons. The monoisotopic (exact) mass is 360 g/mol. The van der Waals surface area contributed by atoms with Crippen molar-refractivity contribution in [2.24, 2.45) is 0 Å². The SMILES string of the molecule is Cc1cc(Nc2nncc(Nc3ccc(C)c(Br)c3)n2)no1. The van der Waals surface area contributed by atoms with Crippen molar-refractivity contribution >= 4 is 39.2 Å². The van der Waals surface area contributed by atoms with E-state index in [4.69, 9.17) is 4.52 Å². The lowest BCUT2D eigenvalue weighted by atomic mass is 10.2. The van der Waals surface area contributed by atoms with Gasteiger partial charge in [-0.2, -0.15) is 10.1 Å². The molecule has 0 saturated heterocycles. The van der Waals surface area contributed by atoms with E-state index >= 15 is 0 Å². The molecule has 0 radical (unpaired) electrons. The van der Waals surface area contributed by atoms with Gasteiger partial charge in [0.25, 0.3) is 0 Å². The van der Waals surface area contributed by atoms with Crippen molar-refractivity contribution in [2.75, 3.05) is 10.6 Å². The molecule has 0 spiro atoms. The van der Waals surface area contributed by atoms with Crippen LogP contribution < -0.4 is 10.6 Å². The topological polar surface area (TPSA) is 88.8 Å². The highest BCUT2D eigenvalue weighted by atomic mass is 79.9. The molecule has 2 aromatic heterocycles. The van der Waals surface area contributed by atoms with Gasteiger partial charge in [-0.1, -0.05) is 27.2 Å². The van der Waals surface area contributed by atoms with Gasteiger partial charge in [0.05, 0.1) is 6.20 Å². The zero-order valence-electron chi connectivity index (χ0n) is 12.0. The molecule has 3 rings (SSSR count). The van der Waals surface area contributed by atoms with Crippen LogP contribution in [0.1, 0.15) is 11.3 Å². The van der Waals surface area contributed by atoms with Gasteiger partial charge in [-0.05, 0) is 31.5 Å². The number of hydrogen-bond donors (Lipinski definition) is 2. The molecule has 0 aliphatic rings. The summed E-state index contributed by atoms with van der Waals surface area (Å²) in [6.45, 7) is 3.84. The second-order valence-corrected chi connectivity index (χ2v) is 5.56. The number of anilines is 4. The lowest BCUT2D eigenvalue weighted by molar-refractivity contribution is 0.400. The Labute approximate surface area is 135 Å². The van der Waals surface area contributed by atoms with Gasteiger partial charge in [-0.25, -0.2) is 0 Å². The van der Waals surface area contributed by atoms with Gasteiger partial charge in [0.15, 0.2) is 11.6 Å². The van der Waals surface area contributed by atoms with Gasteiger partial charge in [0.1, 0.15) is 5.76 Å². The van der Waals surface area contributed by atoms with E-state index in [9.17, 15) is 0 Å². The van der Waals surface area contributed by atoms with E-state index in [0.29, 0.717) is 23.3 Å². The number of aryl methyl sites for hydroxylation is 2. The number of nitrogens with zero attached hydrogens (tertiary/aromatic N) is 4. The average Bonchev–Trinajstić information content (AvgIpc) is 2.89. The van der Waals surface area contributed by atoms with Crippen LogP contribution >= 0.6 is 15.9 Å². The summed E-state index contributed by atoms with van der Waals surface area (Å²) in [5, 5.41) is 17.8. The minimum atomic E-state index is 0.337. The third-order valence-corrected chi connectivity index (χ3v) is 3.73. The van der Waals surface area contributed by atoms with Crippen LogP contribution in [-0.4, -0.2) is 20.3 Å². The standard InChI is InChI=1S/C14H13BrN6O/c1-8-3-4-10(6-11(8)15)17-13-7-16-20-14(19-13)18-12-5-9(2)22-21-12/h3-7H,1-2H3,(H2,17,18,19,20,21). The molecule has 0 aliphatic heterocycles. The Hall–Kier alpha value is -2.48. The molecule has 2 heterocycles. The predicted octanol–water partition coefficient (Wildman–Crippen LogP) is 3.73. The van der Waals surface area contributed by atoms with Gasteiger partial charge in [-0.15, -0.1) is 5.10 Å². The summed E-state index contributed by atoms with van der Waals surface area (Å²) >= 11 is 3.50. The quantitative estimate of drug-likeness (QED) is 0.732. The normalized spacial score (nSPS) is 10.5. The third-order valence-electron chi connectivity index (χ3n) is 2.87. The fourth-order valence-electron chi connectivity index (χ4n) is 1.78. The van der Waals surface area contributed by atoms with E-state index in [1.807, 2.05) is 32.0 Å². The molecule has 0 atom stereocenters. The molecular formula is C14H13BrN6O. The summed E-state index contributed by atoms with van der Waals surface area (Å²) in [6.07, 6.45) is 1.55. The number of benzene rings is 1. The van der Waals surface area contributed by atoms with Crippen molar-refractivity contribution in [1.82, 2.24) is 20.3 Å². The highest BCUT2D eigenvalue weighted by Crippen LogP contribution is 2.23. The van der Waals surface area contributed by atoms with E-state index in [-0.39, 0.29) is 0 Å². The maximum Gasteiger partial charge on any atom is 0.250 e. The Bertz CT molecular complexity index is 804. The van der Waals surface area contributed by atoms with Crippen LogP contribution in [0.2, 0.25) is 0 Å². The zero-order valence-corrected chi connectivity index (χ0v) is 13.5. The number of halogens is 1. The van der Waals surface area contributed by atoms with Gasteiger partial charge in [0, 0.05) is 16.2 Å². The smallest absolute Gasteiger partial charge is 0.250 e. The lowest BCUT2D eigenvalue weighted by Crippen LogP contribution is -2.02.